The number of ether oxygens (including phenoxy) is 2. The Balaban J connectivity index is 1.77. The molecule has 0 atom stereocenters. The Morgan fingerprint density at radius 1 is 1.27 bits per heavy atom. The number of rotatable bonds is 6. The molecule has 1 fully saturated rings. The summed E-state index contributed by atoms with van der Waals surface area (Å²) in [4.78, 5) is 11.2. The normalized spacial score (nSPS) is 15.5. The van der Waals surface area contributed by atoms with Crippen molar-refractivity contribution in [3.05, 3.63) is 58.1 Å². The summed E-state index contributed by atoms with van der Waals surface area (Å²) >= 11 is 4.74. The van der Waals surface area contributed by atoms with Crippen LogP contribution in [-0.2, 0) is 11.4 Å². The van der Waals surface area contributed by atoms with E-state index in [1.54, 1.807) is 13.3 Å². The lowest BCUT2D eigenvalue weighted by molar-refractivity contribution is -0.116. The summed E-state index contributed by atoms with van der Waals surface area (Å²) < 4.78 is 12.4. The number of nitrogens with zero attached hydrogens (tertiary/aromatic N) is 2. The molecule has 134 valence electrons. The molecule has 2 aromatic rings. The van der Waals surface area contributed by atoms with E-state index in [9.17, 15) is 4.79 Å². The van der Waals surface area contributed by atoms with E-state index < -0.39 is 0 Å². The van der Waals surface area contributed by atoms with Crippen LogP contribution < -0.4 is 14.8 Å². The van der Waals surface area contributed by atoms with Crippen LogP contribution in [0.4, 0.5) is 0 Å². The van der Waals surface area contributed by atoms with Gasteiger partial charge in [-0.15, -0.1) is 5.10 Å². The van der Waals surface area contributed by atoms with Crippen LogP contribution in [-0.4, -0.2) is 30.2 Å². The van der Waals surface area contributed by atoms with Gasteiger partial charge >= 0.3 is 0 Å². The quantitative estimate of drug-likeness (QED) is 0.557. The maximum absolute atomic E-state index is 11.2. The summed E-state index contributed by atoms with van der Waals surface area (Å²) in [6, 6.07) is 13.4. The van der Waals surface area contributed by atoms with Gasteiger partial charge in [-0.25, -0.2) is 0 Å². The van der Waals surface area contributed by atoms with Crippen LogP contribution in [0.2, 0.25) is 0 Å². The van der Waals surface area contributed by atoms with Crippen molar-refractivity contribution >= 4 is 45.0 Å². The fourth-order valence-corrected chi connectivity index (χ4v) is 3.10. The molecular formula is C18H16BrN3O3S. The summed E-state index contributed by atoms with van der Waals surface area (Å²) in [5.41, 5.74) is 1.77. The lowest BCUT2D eigenvalue weighted by atomic mass is 10.2. The Morgan fingerprint density at radius 2 is 2.08 bits per heavy atom. The zero-order chi connectivity index (χ0) is 18.4. The van der Waals surface area contributed by atoms with Crippen LogP contribution in [0, 0.1) is 0 Å². The fraction of sp³-hybridized carbons (Fsp3) is 0.167. The third kappa shape index (κ3) is 4.86. The average molecular weight is 434 g/mol. The van der Waals surface area contributed by atoms with Crippen molar-refractivity contribution in [2.45, 2.75) is 6.61 Å². The first-order chi connectivity index (χ1) is 12.7. The van der Waals surface area contributed by atoms with E-state index in [4.69, 9.17) is 9.47 Å². The van der Waals surface area contributed by atoms with Gasteiger partial charge in [0, 0.05) is 10.0 Å². The number of benzene rings is 2. The van der Waals surface area contributed by atoms with Crippen LogP contribution in [0.3, 0.4) is 0 Å². The van der Waals surface area contributed by atoms with Crippen molar-refractivity contribution in [1.29, 1.82) is 0 Å². The standard InChI is InChI=1S/C18H16BrN3O3S/c1-24-15-4-2-3-13(9-20-22-18-21-16(23)11-26-18)17(15)25-10-12-5-7-14(19)8-6-12/h2-9H,10-11H2,1H3,(H,21,22,23). The van der Waals surface area contributed by atoms with Crippen LogP contribution >= 0.6 is 27.7 Å². The molecule has 1 amide bonds. The Hall–Kier alpha value is -2.32. The first kappa shape index (κ1) is 18.5. The SMILES string of the molecule is COc1cccc(C=NN=C2NC(=O)CS2)c1OCc1ccc(Br)cc1. The van der Waals surface area contributed by atoms with Crippen molar-refractivity contribution in [3.63, 3.8) is 0 Å². The molecule has 1 aliphatic rings. The van der Waals surface area contributed by atoms with Crippen molar-refractivity contribution < 1.29 is 14.3 Å². The lowest BCUT2D eigenvalue weighted by Gasteiger charge is -2.13. The molecule has 0 radical (unpaired) electrons. The number of thioether (sulfide) groups is 1. The minimum Gasteiger partial charge on any atom is -0.493 e. The molecule has 1 heterocycles. The Morgan fingerprint density at radius 3 is 2.77 bits per heavy atom. The predicted octanol–water partition coefficient (Wildman–Crippen LogP) is 3.59. The summed E-state index contributed by atoms with van der Waals surface area (Å²) in [5.74, 6) is 1.51. The summed E-state index contributed by atoms with van der Waals surface area (Å²) in [6.45, 7) is 0.398. The van der Waals surface area contributed by atoms with Gasteiger partial charge < -0.3 is 14.8 Å². The lowest BCUT2D eigenvalue weighted by Crippen LogP contribution is -2.19. The molecule has 0 spiro atoms. The summed E-state index contributed by atoms with van der Waals surface area (Å²) in [7, 11) is 1.59. The number of hydrogen-bond acceptors (Lipinski definition) is 6. The van der Waals surface area contributed by atoms with E-state index in [2.05, 4.69) is 31.4 Å². The van der Waals surface area contributed by atoms with Gasteiger partial charge in [0.1, 0.15) is 6.61 Å². The highest BCUT2D eigenvalue weighted by molar-refractivity contribution is 9.10. The second kappa shape index (κ2) is 8.86. The molecule has 1 saturated heterocycles. The minimum atomic E-state index is -0.0659. The zero-order valence-electron chi connectivity index (χ0n) is 13.9. The maximum Gasteiger partial charge on any atom is 0.236 e. The monoisotopic (exact) mass is 433 g/mol. The van der Waals surface area contributed by atoms with Crippen LogP contribution in [0.1, 0.15) is 11.1 Å². The molecule has 0 unspecified atom stereocenters. The van der Waals surface area contributed by atoms with Gasteiger partial charge in [0.25, 0.3) is 0 Å². The number of nitrogens with one attached hydrogen (secondary N) is 1. The predicted molar refractivity (Wildman–Crippen MR) is 107 cm³/mol. The molecule has 0 bridgehead atoms. The molecule has 0 aromatic heterocycles. The second-order valence-corrected chi connectivity index (χ2v) is 7.16. The smallest absolute Gasteiger partial charge is 0.236 e. The number of halogens is 1. The number of carbonyl (C=O) groups excluding carboxylic acids is 1. The highest BCUT2D eigenvalue weighted by Gasteiger charge is 2.16. The largest absolute Gasteiger partial charge is 0.493 e. The van der Waals surface area contributed by atoms with Crippen molar-refractivity contribution in [1.82, 2.24) is 5.32 Å². The third-order valence-electron chi connectivity index (χ3n) is 3.46. The zero-order valence-corrected chi connectivity index (χ0v) is 16.3. The molecule has 1 N–H and O–H groups in total. The third-order valence-corrected chi connectivity index (χ3v) is 4.85. The fourth-order valence-electron chi connectivity index (χ4n) is 2.21. The van der Waals surface area contributed by atoms with E-state index >= 15 is 0 Å². The van der Waals surface area contributed by atoms with Crippen molar-refractivity contribution in [2.75, 3.05) is 12.9 Å². The van der Waals surface area contributed by atoms with Gasteiger partial charge in [-0.2, -0.15) is 5.10 Å². The molecule has 3 rings (SSSR count). The van der Waals surface area contributed by atoms with E-state index in [1.807, 2.05) is 42.5 Å². The van der Waals surface area contributed by atoms with Crippen LogP contribution in [0.25, 0.3) is 0 Å². The van der Waals surface area contributed by atoms with Gasteiger partial charge in [-0.1, -0.05) is 45.9 Å². The number of amides is 1. The van der Waals surface area contributed by atoms with E-state index in [0.717, 1.165) is 15.6 Å². The van der Waals surface area contributed by atoms with Crippen LogP contribution in [0.15, 0.2) is 57.1 Å². The van der Waals surface area contributed by atoms with E-state index in [0.29, 0.717) is 29.0 Å². The number of carbonyl (C=O) groups is 1. The number of amidine groups is 1. The second-order valence-electron chi connectivity index (χ2n) is 5.28. The topological polar surface area (TPSA) is 72.3 Å². The highest BCUT2D eigenvalue weighted by atomic mass is 79.9. The molecule has 0 aliphatic carbocycles. The highest BCUT2D eigenvalue weighted by Crippen LogP contribution is 2.31. The van der Waals surface area contributed by atoms with E-state index in [1.165, 1.54) is 11.8 Å². The van der Waals surface area contributed by atoms with Crippen molar-refractivity contribution in [2.24, 2.45) is 10.2 Å². The van der Waals surface area contributed by atoms with Gasteiger partial charge in [0.05, 0.1) is 19.1 Å². The summed E-state index contributed by atoms with van der Waals surface area (Å²) in [6.07, 6.45) is 1.58. The maximum atomic E-state index is 11.2. The van der Waals surface area contributed by atoms with Gasteiger partial charge in [-0.05, 0) is 29.8 Å². The molecular weight excluding hydrogens is 418 g/mol. The molecule has 6 nitrogen and oxygen atoms in total. The average Bonchev–Trinajstić information content (AvgIpc) is 3.07. The first-order valence-corrected chi connectivity index (χ1v) is 9.51. The first-order valence-electron chi connectivity index (χ1n) is 7.73. The Kier molecular flexibility index (Phi) is 6.30. The minimum absolute atomic E-state index is 0.0659. The molecule has 2 aromatic carbocycles. The Labute approximate surface area is 163 Å². The summed E-state index contributed by atoms with van der Waals surface area (Å²) in [5, 5.41) is 11.2. The molecule has 8 heteroatoms. The van der Waals surface area contributed by atoms with Gasteiger partial charge in [0.15, 0.2) is 16.7 Å². The molecule has 26 heavy (non-hydrogen) atoms. The number of hydrogen-bond donors (Lipinski definition) is 1. The van der Waals surface area contributed by atoms with Crippen molar-refractivity contribution in [3.8, 4) is 11.5 Å². The number of methoxy groups -OCH3 is 1. The Bertz CT molecular complexity index is 853. The van der Waals surface area contributed by atoms with E-state index in [-0.39, 0.29) is 5.91 Å². The van der Waals surface area contributed by atoms with Gasteiger partial charge in [0.2, 0.25) is 5.91 Å². The van der Waals surface area contributed by atoms with Gasteiger partial charge in [-0.3, -0.25) is 4.79 Å². The number of para-hydroxylation sites is 1. The molecule has 0 saturated carbocycles. The van der Waals surface area contributed by atoms with Crippen LogP contribution in [0.5, 0.6) is 11.5 Å². The molecule has 1 aliphatic heterocycles.